The summed E-state index contributed by atoms with van der Waals surface area (Å²) in [6, 6.07) is 2.42. The van der Waals surface area contributed by atoms with Crippen LogP contribution in [0.1, 0.15) is 38.8 Å². The van der Waals surface area contributed by atoms with Crippen molar-refractivity contribution >= 4 is 0 Å². The van der Waals surface area contributed by atoms with Crippen molar-refractivity contribution in [2.75, 3.05) is 13.7 Å². The molecule has 0 aliphatic heterocycles. The molecule has 0 aromatic carbocycles. The van der Waals surface area contributed by atoms with E-state index in [1.807, 2.05) is 20.2 Å². The van der Waals surface area contributed by atoms with Gasteiger partial charge in [0.2, 0.25) is 0 Å². The lowest BCUT2D eigenvalue weighted by Crippen LogP contribution is -2.23. The van der Waals surface area contributed by atoms with Gasteiger partial charge in [0.25, 0.3) is 0 Å². The molecule has 1 heterocycles. The molecular weight excluding hydrogens is 200 g/mol. The third kappa shape index (κ3) is 3.20. The monoisotopic (exact) mass is 222 g/mol. The average Bonchev–Trinajstić information content (AvgIpc) is 2.31. The Labute approximate surface area is 98.2 Å². The van der Waals surface area contributed by atoms with Gasteiger partial charge in [-0.25, -0.2) is 0 Å². The van der Waals surface area contributed by atoms with Gasteiger partial charge < -0.3 is 10.1 Å². The molecule has 2 atom stereocenters. The zero-order valence-corrected chi connectivity index (χ0v) is 10.7. The van der Waals surface area contributed by atoms with Crippen LogP contribution in [0.3, 0.4) is 0 Å². The second-order valence-electron chi connectivity index (χ2n) is 4.04. The number of hydrogen-bond acceptors (Lipinski definition) is 3. The highest BCUT2D eigenvalue weighted by molar-refractivity contribution is 5.26. The van der Waals surface area contributed by atoms with Gasteiger partial charge in [0, 0.05) is 12.2 Å². The van der Waals surface area contributed by atoms with Crippen molar-refractivity contribution in [3.8, 4) is 5.75 Å². The maximum Gasteiger partial charge on any atom is 0.137 e. The van der Waals surface area contributed by atoms with E-state index in [1.54, 1.807) is 6.20 Å². The highest BCUT2D eigenvalue weighted by Gasteiger charge is 2.16. The second-order valence-corrected chi connectivity index (χ2v) is 4.04. The van der Waals surface area contributed by atoms with E-state index in [4.69, 9.17) is 4.74 Å². The molecule has 0 saturated heterocycles. The molecule has 1 aromatic rings. The van der Waals surface area contributed by atoms with Crippen molar-refractivity contribution in [3.05, 3.63) is 24.0 Å². The van der Waals surface area contributed by atoms with Gasteiger partial charge in [-0.2, -0.15) is 0 Å². The van der Waals surface area contributed by atoms with Crippen LogP contribution in [-0.2, 0) is 0 Å². The van der Waals surface area contributed by atoms with E-state index in [0.29, 0.717) is 18.6 Å². The Bertz CT molecular complexity index is 315. The van der Waals surface area contributed by atoms with E-state index < -0.39 is 0 Å². The molecule has 0 radical (unpaired) electrons. The first-order valence-electron chi connectivity index (χ1n) is 5.97. The van der Waals surface area contributed by atoms with Gasteiger partial charge in [-0.15, -0.1) is 0 Å². The van der Waals surface area contributed by atoms with Crippen molar-refractivity contribution in [2.45, 2.75) is 33.2 Å². The number of nitrogens with one attached hydrogen (secondary N) is 1. The van der Waals surface area contributed by atoms with Crippen LogP contribution in [0.25, 0.3) is 0 Å². The van der Waals surface area contributed by atoms with Gasteiger partial charge in [-0.3, -0.25) is 4.98 Å². The SMILES string of the molecule is CCOc1cncc(C(NC)C(C)CC)c1. The lowest BCUT2D eigenvalue weighted by atomic mass is 9.94. The Morgan fingerprint density at radius 2 is 2.12 bits per heavy atom. The number of hydrogen-bond donors (Lipinski definition) is 1. The molecule has 0 saturated carbocycles. The molecule has 90 valence electrons. The van der Waals surface area contributed by atoms with E-state index in [-0.39, 0.29) is 0 Å². The lowest BCUT2D eigenvalue weighted by Gasteiger charge is -2.22. The van der Waals surface area contributed by atoms with E-state index in [1.165, 1.54) is 5.56 Å². The summed E-state index contributed by atoms with van der Waals surface area (Å²) in [4.78, 5) is 4.22. The van der Waals surface area contributed by atoms with Crippen molar-refractivity contribution in [1.29, 1.82) is 0 Å². The minimum absolute atomic E-state index is 0.345. The van der Waals surface area contributed by atoms with Gasteiger partial charge in [0.1, 0.15) is 5.75 Å². The Morgan fingerprint density at radius 3 is 2.69 bits per heavy atom. The van der Waals surface area contributed by atoms with Crippen molar-refractivity contribution < 1.29 is 4.74 Å². The molecule has 0 aliphatic carbocycles. The molecule has 2 unspecified atom stereocenters. The molecule has 1 rings (SSSR count). The zero-order valence-electron chi connectivity index (χ0n) is 10.7. The van der Waals surface area contributed by atoms with Crippen LogP contribution in [0.15, 0.2) is 18.5 Å². The third-order valence-corrected chi connectivity index (χ3v) is 2.93. The fourth-order valence-corrected chi connectivity index (χ4v) is 1.87. The van der Waals surface area contributed by atoms with Crippen molar-refractivity contribution in [1.82, 2.24) is 10.3 Å². The molecule has 3 heteroatoms. The number of nitrogens with zero attached hydrogens (tertiary/aromatic N) is 1. The molecule has 0 bridgehead atoms. The lowest BCUT2D eigenvalue weighted by molar-refractivity contribution is 0.336. The largest absolute Gasteiger partial charge is 0.492 e. The molecule has 1 aromatic heterocycles. The Kier molecular flexibility index (Phi) is 5.26. The van der Waals surface area contributed by atoms with E-state index in [9.17, 15) is 0 Å². The molecule has 16 heavy (non-hydrogen) atoms. The zero-order chi connectivity index (χ0) is 12.0. The summed E-state index contributed by atoms with van der Waals surface area (Å²) in [5.74, 6) is 1.44. The minimum atomic E-state index is 0.345. The molecule has 0 amide bonds. The third-order valence-electron chi connectivity index (χ3n) is 2.93. The molecular formula is C13H22N2O. The fourth-order valence-electron chi connectivity index (χ4n) is 1.87. The van der Waals surface area contributed by atoms with Crippen molar-refractivity contribution in [2.24, 2.45) is 5.92 Å². The summed E-state index contributed by atoms with van der Waals surface area (Å²) in [7, 11) is 1.99. The topological polar surface area (TPSA) is 34.1 Å². The standard InChI is InChI=1S/C13H22N2O/c1-5-10(3)13(14-4)11-7-12(16-6-2)9-15-8-11/h7-10,13-14H,5-6H2,1-4H3. The fraction of sp³-hybridized carbons (Fsp3) is 0.615. The Hall–Kier alpha value is -1.09. The van der Waals surface area contributed by atoms with Crippen LogP contribution < -0.4 is 10.1 Å². The normalized spacial score (nSPS) is 14.5. The van der Waals surface area contributed by atoms with Crippen LogP contribution >= 0.6 is 0 Å². The van der Waals surface area contributed by atoms with E-state index in [0.717, 1.165) is 12.2 Å². The quantitative estimate of drug-likeness (QED) is 0.803. The van der Waals surface area contributed by atoms with Gasteiger partial charge in [-0.05, 0) is 31.5 Å². The van der Waals surface area contributed by atoms with Gasteiger partial charge in [-0.1, -0.05) is 20.3 Å². The van der Waals surface area contributed by atoms with Gasteiger partial charge >= 0.3 is 0 Å². The molecule has 3 nitrogen and oxygen atoms in total. The Morgan fingerprint density at radius 1 is 1.38 bits per heavy atom. The van der Waals surface area contributed by atoms with Gasteiger partial charge in [0.05, 0.1) is 12.8 Å². The molecule has 0 aliphatic rings. The first-order chi connectivity index (χ1) is 7.72. The second kappa shape index (κ2) is 6.48. The first-order valence-corrected chi connectivity index (χ1v) is 5.97. The van der Waals surface area contributed by atoms with Crippen LogP contribution in [0.4, 0.5) is 0 Å². The average molecular weight is 222 g/mol. The summed E-state index contributed by atoms with van der Waals surface area (Å²) in [5, 5.41) is 3.34. The van der Waals surface area contributed by atoms with Gasteiger partial charge in [0.15, 0.2) is 0 Å². The maximum absolute atomic E-state index is 5.46. The smallest absolute Gasteiger partial charge is 0.137 e. The predicted octanol–water partition coefficient (Wildman–Crippen LogP) is 2.79. The maximum atomic E-state index is 5.46. The minimum Gasteiger partial charge on any atom is -0.492 e. The molecule has 0 fully saturated rings. The van der Waals surface area contributed by atoms with Crippen LogP contribution in [0.5, 0.6) is 5.75 Å². The summed E-state index contributed by atoms with van der Waals surface area (Å²) in [6.07, 6.45) is 4.82. The van der Waals surface area contributed by atoms with Crippen LogP contribution in [0.2, 0.25) is 0 Å². The highest BCUT2D eigenvalue weighted by Crippen LogP contribution is 2.25. The number of aromatic nitrogens is 1. The van der Waals surface area contributed by atoms with Crippen molar-refractivity contribution in [3.63, 3.8) is 0 Å². The summed E-state index contributed by atoms with van der Waals surface area (Å²) in [5.41, 5.74) is 1.20. The summed E-state index contributed by atoms with van der Waals surface area (Å²) in [6.45, 7) is 7.11. The number of pyridine rings is 1. The summed E-state index contributed by atoms with van der Waals surface area (Å²) < 4.78 is 5.46. The Balaban J connectivity index is 2.87. The summed E-state index contributed by atoms with van der Waals surface area (Å²) >= 11 is 0. The molecule has 1 N–H and O–H groups in total. The molecule has 0 spiro atoms. The van der Waals surface area contributed by atoms with E-state index >= 15 is 0 Å². The highest BCUT2D eigenvalue weighted by atomic mass is 16.5. The number of rotatable bonds is 6. The predicted molar refractivity (Wildman–Crippen MR) is 66.7 cm³/mol. The van der Waals surface area contributed by atoms with Crippen LogP contribution in [-0.4, -0.2) is 18.6 Å². The first kappa shape index (κ1) is 13.0. The number of ether oxygens (including phenoxy) is 1. The van der Waals surface area contributed by atoms with E-state index in [2.05, 4.69) is 30.2 Å². The van der Waals surface area contributed by atoms with Crippen LogP contribution in [0, 0.1) is 5.92 Å².